The number of nitrogens with one attached hydrogen (secondary N) is 1. The van der Waals surface area contributed by atoms with Gasteiger partial charge in [-0.1, -0.05) is 0 Å². The van der Waals surface area contributed by atoms with Crippen molar-refractivity contribution in [2.24, 2.45) is 0 Å². The number of aromatic amines is 1. The number of imidazole rings is 1. The molecule has 1 heterocycles. The smallest absolute Gasteiger partial charge is 0.115 e. The van der Waals surface area contributed by atoms with Crippen LogP contribution in [0.4, 0.5) is 5.69 Å². The Morgan fingerprint density at radius 2 is 2.29 bits per heavy atom. The predicted molar refractivity (Wildman–Crippen MR) is 56.3 cm³/mol. The second-order valence-electron chi connectivity index (χ2n) is 3.36. The summed E-state index contributed by atoms with van der Waals surface area (Å²) in [5.74, 6) is 0.906. The number of benzene rings is 1. The predicted octanol–water partition coefficient (Wildman–Crippen LogP) is 1.26. The summed E-state index contributed by atoms with van der Waals surface area (Å²) in [5.41, 5.74) is 2.93. The Hall–Kier alpha value is -1.55. The third-order valence-electron chi connectivity index (χ3n) is 2.24. The molecule has 0 amide bonds. The first-order chi connectivity index (χ1) is 6.70. The van der Waals surface area contributed by atoms with E-state index < -0.39 is 0 Å². The molecule has 0 aliphatic carbocycles. The van der Waals surface area contributed by atoms with Gasteiger partial charge < -0.3 is 15.0 Å². The lowest BCUT2D eigenvalue weighted by Gasteiger charge is -2.15. The van der Waals surface area contributed by atoms with Crippen molar-refractivity contribution >= 4 is 16.7 Å². The maximum absolute atomic E-state index is 8.97. The highest BCUT2D eigenvalue weighted by molar-refractivity contribution is 5.79. The summed E-state index contributed by atoms with van der Waals surface area (Å²) in [6.07, 6.45) is 0. The molecule has 14 heavy (non-hydrogen) atoms. The van der Waals surface area contributed by atoms with Crippen LogP contribution in [0, 0.1) is 6.92 Å². The fourth-order valence-corrected chi connectivity index (χ4v) is 1.44. The molecule has 1 aromatic carbocycles. The standard InChI is InChI=1S/C10H13N3O/c1-7-11-9-4-3-8(13(2)6-14)5-10(9)12-7/h3-5,14H,6H2,1-2H3,(H,11,12). The zero-order valence-corrected chi connectivity index (χ0v) is 8.28. The van der Waals surface area contributed by atoms with E-state index in [0.717, 1.165) is 22.5 Å². The molecule has 2 aromatic rings. The molecule has 0 unspecified atom stereocenters. The van der Waals surface area contributed by atoms with E-state index in [1.165, 1.54) is 0 Å². The van der Waals surface area contributed by atoms with Gasteiger partial charge in [0.25, 0.3) is 0 Å². The van der Waals surface area contributed by atoms with Gasteiger partial charge in [0.1, 0.15) is 12.6 Å². The minimum atomic E-state index is 0.0125. The summed E-state index contributed by atoms with van der Waals surface area (Å²) in [6.45, 7) is 1.94. The number of aromatic nitrogens is 2. The summed E-state index contributed by atoms with van der Waals surface area (Å²) in [4.78, 5) is 9.22. The Balaban J connectivity index is 2.50. The summed E-state index contributed by atoms with van der Waals surface area (Å²) >= 11 is 0. The summed E-state index contributed by atoms with van der Waals surface area (Å²) in [6, 6.07) is 5.87. The number of nitrogens with zero attached hydrogens (tertiary/aromatic N) is 2. The number of aliphatic hydroxyl groups is 1. The van der Waals surface area contributed by atoms with Crippen molar-refractivity contribution in [2.75, 3.05) is 18.7 Å². The van der Waals surface area contributed by atoms with Gasteiger partial charge in [-0.2, -0.15) is 0 Å². The third kappa shape index (κ3) is 1.44. The van der Waals surface area contributed by atoms with Crippen LogP contribution in [0.1, 0.15) is 5.82 Å². The van der Waals surface area contributed by atoms with Crippen LogP contribution in [0.2, 0.25) is 0 Å². The van der Waals surface area contributed by atoms with E-state index in [1.807, 2.05) is 32.2 Å². The van der Waals surface area contributed by atoms with Crippen molar-refractivity contribution in [3.8, 4) is 0 Å². The molecule has 0 aliphatic rings. The average molecular weight is 191 g/mol. The number of hydrogen-bond acceptors (Lipinski definition) is 3. The SMILES string of the molecule is Cc1nc2ccc(N(C)CO)cc2[nH]1. The molecule has 4 heteroatoms. The largest absolute Gasteiger partial charge is 0.376 e. The van der Waals surface area contributed by atoms with Gasteiger partial charge in [0, 0.05) is 12.7 Å². The Morgan fingerprint density at radius 1 is 1.50 bits per heavy atom. The van der Waals surface area contributed by atoms with Crippen molar-refractivity contribution in [1.29, 1.82) is 0 Å². The number of anilines is 1. The van der Waals surface area contributed by atoms with Crippen LogP contribution in [0.25, 0.3) is 11.0 Å². The van der Waals surface area contributed by atoms with Crippen LogP contribution in [0.15, 0.2) is 18.2 Å². The Labute approximate surface area is 82.2 Å². The van der Waals surface area contributed by atoms with Crippen molar-refractivity contribution in [1.82, 2.24) is 9.97 Å². The van der Waals surface area contributed by atoms with Crippen molar-refractivity contribution in [3.05, 3.63) is 24.0 Å². The van der Waals surface area contributed by atoms with E-state index in [0.29, 0.717) is 0 Å². The van der Waals surface area contributed by atoms with Crippen molar-refractivity contribution in [3.63, 3.8) is 0 Å². The normalized spacial score (nSPS) is 10.8. The zero-order valence-electron chi connectivity index (χ0n) is 8.28. The number of fused-ring (bicyclic) bond motifs is 1. The van der Waals surface area contributed by atoms with Crippen LogP contribution < -0.4 is 4.90 Å². The summed E-state index contributed by atoms with van der Waals surface area (Å²) in [7, 11) is 1.84. The third-order valence-corrected chi connectivity index (χ3v) is 2.24. The first-order valence-corrected chi connectivity index (χ1v) is 4.49. The highest BCUT2D eigenvalue weighted by Crippen LogP contribution is 2.19. The van der Waals surface area contributed by atoms with E-state index >= 15 is 0 Å². The zero-order chi connectivity index (χ0) is 10.1. The van der Waals surface area contributed by atoms with Gasteiger partial charge in [-0.3, -0.25) is 0 Å². The lowest BCUT2D eigenvalue weighted by molar-refractivity contribution is 0.298. The Bertz CT molecular complexity index is 450. The van der Waals surface area contributed by atoms with Gasteiger partial charge in [-0.25, -0.2) is 4.98 Å². The molecule has 0 saturated carbocycles. The van der Waals surface area contributed by atoms with Crippen LogP contribution in [0.3, 0.4) is 0 Å². The highest BCUT2D eigenvalue weighted by Gasteiger charge is 2.03. The minimum absolute atomic E-state index is 0.0125. The van der Waals surface area contributed by atoms with Gasteiger partial charge in [0.2, 0.25) is 0 Å². The quantitative estimate of drug-likeness (QED) is 0.702. The van der Waals surface area contributed by atoms with Crippen molar-refractivity contribution in [2.45, 2.75) is 6.92 Å². The topological polar surface area (TPSA) is 52.1 Å². The average Bonchev–Trinajstić information content (AvgIpc) is 2.55. The first-order valence-electron chi connectivity index (χ1n) is 4.49. The van der Waals surface area contributed by atoms with Gasteiger partial charge in [-0.05, 0) is 25.1 Å². The second-order valence-corrected chi connectivity index (χ2v) is 3.36. The molecule has 74 valence electrons. The molecule has 0 radical (unpaired) electrons. The summed E-state index contributed by atoms with van der Waals surface area (Å²) in [5, 5.41) is 8.97. The molecule has 2 N–H and O–H groups in total. The van der Waals surface area contributed by atoms with Gasteiger partial charge in [0.15, 0.2) is 0 Å². The van der Waals surface area contributed by atoms with Gasteiger partial charge >= 0.3 is 0 Å². The molecule has 0 aliphatic heterocycles. The van der Waals surface area contributed by atoms with E-state index in [9.17, 15) is 0 Å². The van der Waals surface area contributed by atoms with Gasteiger partial charge in [-0.15, -0.1) is 0 Å². The van der Waals surface area contributed by atoms with Crippen LogP contribution >= 0.6 is 0 Å². The molecule has 0 saturated heterocycles. The van der Waals surface area contributed by atoms with E-state index in [-0.39, 0.29) is 6.73 Å². The number of aryl methyl sites for hydroxylation is 1. The number of rotatable bonds is 2. The Morgan fingerprint density at radius 3 is 3.00 bits per heavy atom. The highest BCUT2D eigenvalue weighted by atomic mass is 16.3. The molecule has 0 fully saturated rings. The maximum atomic E-state index is 8.97. The van der Waals surface area contributed by atoms with E-state index in [4.69, 9.17) is 5.11 Å². The number of aliphatic hydroxyl groups excluding tert-OH is 1. The lowest BCUT2D eigenvalue weighted by Crippen LogP contribution is -2.17. The van der Waals surface area contributed by atoms with Crippen molar-refractivity contribution < 1.29 is 5.11 Å². The van der Waals surface area contributed by atoms with Crippen LogP contribution in [0.5, 0.6) is 0 Å². The molecule has 0 atom stereocenters. The summed E-state index contributed by atoms with van der Waals surface area (Å²) < 4.78 is 0. The molecule has 1 aromatic heterocycles. The molecule has 0 bridgehead atoms. The first kappa shape index (κ1) is 9.02. The van der Waals surface area contributed by atoms with Gasteiger partial charge in [0.05, 0.1) is 11.0 Å². The lowest BCUT2D eigenvalue weighted by atomic mass is 10.2. The van der Waals surface area contributed by atoms with Crippen LogP contribution in [-0.4, -0.2) is 28.9 Å². The maximum Gasteiger partial charge on any atom is 0.115 e. The Kier molecular flexibility index (Phi) is 2.13. The molecule has 2 rings (SSSR count). The molecule has 0 spiro atoms. The molecular formula is C10H13N3O. The monoisotopic (exact) mass is 191 g/mol. The molecular weight excluding hydrogens is 178 g/mol. The molecule has 4 nitrogen and oxygen atoms in total. The number of H-pyrrole nitrogens is 1. The van der Waals surface area contributed by atoms with E-state index in [2.05, 4.69) is 9.97 Å². The van der Waals surface area contributed by atoms with Crippen LogP contribution in [-0.2, 0) is 0 Å². The fraction of sp³-hybridized carbons (Fsp3) is 0.300. The fourth-order valence-electron chi connectivity index (χ4n) is 1.44. The number of hydrogen-bond donors (Lipinski definition) is 2. The minimum Gasteiger partial charge on any atom is -0.376 e. The second kappa shape index (κ2) is 3.31. The van der Waals surface area contributed by atoms with E-state index in [1.54, 1.807) is 4.90 Å².